The van der Waals surface area contributed by atoms with Crippen LogP contribution in [0.4, 0.5) is 0 Å². The summed E-state index contributed by atoms with van der Waals surface area (Å²) in [5.41, 5.74) is 9.88. The first kappa shape index (κ1) is 74.9. The van der Waals surface area contributed by atoms with Crippen molar-refractivity contribution in [2.45, 2.75) is 234 Å². The Hall–Kier alpha value is -5.78. The summed E-state index contributed by atoms with van der Waals surface area (Å²) in [6.45, 7) is 3.39. The van der Waals surface area contributed by atoms with Gasteiger partial charge in [0.2, 0.25) is 0 Å². The van der Waals surface area contributed by atoms with Crippen LogP contribution in [0, 0.1) is 11.8 Å². The molecule has 0 radical (unpaired) electrons. The second-order valence-electron chi connectivity index (χ2n) is 27.8. The molecule has 20 heteroatoms. The smallest absolute Gasteiger partial charge is 0.160 e. The number of hydrogen-bond donors (Lipinski definition) is 9. The number of unbranched alkanes of at least 4 members (excludes halogenated alkanes) is 4. The topological polar surface area (TPSA) is 288 Å². The molecule has 11 atom stereocenters. The number of aromatic nitrogens is 2. The molecule has 0 unspecified atom stereocenters. The van der Waals surface area contributed by atoms with Crippen molar-refractivity contribution in [2.24, 2.45) is 11.8 Å². The van der Waals surface area contributed by atoms with Crippen LogP contribution in [0.2, 0.25) is 10.0 Å². The van der Waals surface area contributed by atoms with Gasteiger partial charge in [-0.25, -0.2) is 0 Å². The van der Waals surface area contributed by atoms with Crippen LogP contribution >= 0.6 is 23.2 Å². The SMILES string of the molecule is C[C@H](CCCCCC(=O)C[C@@H](CO)[C@@H](O)[C@H](O)[C@H](O)CO)c1ccc(Cl)c(COC2(c3cnccc3-c3ccccc3OC3CC3)CC2)c1.C[C@H](CCCCCC(=O)C[C@@H]1[C@@H](O)[C@H](O)[C@@H](CO)O[C@H]1O)c1ccc(Cl)c(COC2(c3cnccc3-c3ccccc3OC3CC3)CC2)c1. The van der Waals surface area contributed by atoms with E-state index in [0.29, 0.717) is 67.1 Å². The summed E-state index contributed by atoms with van der Waals surface area (Å²) >= 11 is 13.3. The molecule has 18 nitrogen and oxygen atoms in total. The summed E-state index contributed by atoms with van der Waals surface area (Å²) in [5, 5.41) is 89.4. The zero-order chi connectivity index (χ0) is 69.5. The number of aliphatic hydroxyl groups excluding tert-OH is 9. The van der Waals surface area contributed by atoms with Gasteiger partial charge < -0.3 is 69.6 Å². The molecule has 11 rings (SSSR count). The Kier molecular flexibility index (Phi) is 26.9. The highest BCUT2D eigenvalue weighted by Crippen LogP contribution is 2.55. The van der Waals surface area contributed by atoms with E-state index >= 15 is 0 Å². The second kappa shape index (κ2) is 35.2. The van der Waals surface area contributed by atoms with E-state index in [1.807, 2.05) is 79.4 Å². The highest BCUT2D eigenvalue weighted by molar-refractivity contribution is 6.31. The minimum absolute atomic E-state index is 0.0882. The van der Waals surface area contributed by atoms with Crippen LogP contribution < -0.4 is 9.47 Å². The average molecular weight is 1390 g/mol. The van der Waals surface area contributed by atoms with Crippen LogP contribution in [0.15, 0.2) is 122 Å². The summed E-state index contributed by atoms with van der Waals surface area (Å²) in [5.74, 6) is 0.322. The predicted molar refractivity (Wildman–Crippen MR) is 372 cm³/mol. The summed E-state index contributed by atoms with van der Waals surface area (Å²) in [6, 6.07) is 32.8. The van der Waals surface area contributed by atoms with Gasteiger partial charge in [-0.3, -0.25) is 19.6 Å². The summed E-state index contributed by atoms with van der Waals surface area (Å²) < 4.78 is 31.0. The number of halogens is 2. The minimum Gasteiger partial charge on any atom is -0.490 e. The maximum atomic E-state index is 12.6. The standard InChI is InChI=1S/C39H48ClNO8.C39H50ClNO8/c1-24(7-3-2-4-8-27(43)20-31-36(44)37(45)35(22-42)49-38(31)46)25-11-14-33(40)26(19-25)23-47-39(16-17-39)32-21-41-18-15-29(32)30-9-5-6-10-34(30)48-28-12-13-28;1-25(7-3-2-4-8-29(44)20-27(22-42)37(46)38(47)35(45)23-43)26-11-14-34(40)28(19-26)24-48-39(16-17-39)33-21-41-18-15-31(33)32-9-5-6-10-36(32)49-30-12-13-30/h5-6,9-11,14-15,18-19,21,24,28,31,35-38,42,44-46H,2-4,7-8,12-13,16-17,20,22-23H2,1H3;5-6,9-11,14-15,18-19,21,25,27,30,35,37-38,42-43,45-47H,2-4,7-8,12-13,16-17,20,22-24H2,1H3/t24-,31-,35-,36-,37-,38-;25-,27+,35-,37-,38-/m11/s1. The molecule has 5 fully saturated rings. The molecule has 1 saturated heterocycles. The van der Waals surface area contributed by atoms with Crippen molar-refractivity contribution in [3.05, 3.63) is 165 Å². The molecule has 4 saturated carbocycles. The quantitative estimate of drug-likeness (QED) is 0.0163. The number of ketones is 2. The maximum absolute atomic E-state index is 12.6. The van der Waals surface area contributed by atoms with Gasteiger partial charge in [0.05, 0.1) is 62.0 Å². The Morgan fingerprint density at radius 1 is 0.582 bits per heavy atom. The van der Waals surface area contributed by atoms with Crippen LogP contribution in [0.3, 0.4) is 0 Å². The number of nitrogens with zero attached hydrogens (tertiary/aromatic N) is 2. The molecule has 5 aliphatic rings. The Bertz CT molecular complexity index is 3560. The van der Waals surface area contributed by atoms with E-state index in [2.05, 4.69) is 66.3 Å². The molecule has 9 N–H and O–H groups in total. The lowest BCUT2D eigenvalue weighted by atomic mass is 9.86. The van der Waals surface area contributed by atoms with Crippen LogP contribution in [-0.2, 0) is 48.2 Å². The molecule has 1 aliphatic heterocycles. The zero-order valence-corrected chi connectivity index (χ0v) is 57.8. The third-order valence-corrected chi connectivity index (χ3v) is 20.9. The molecule has 3 heterocycles. The maximum Gasteiger partial charge on any atom is 0.160 e. The van der Waals surface area contributed by atoms with Gasteiger partial charge in [-0.05, 0) is 159 Å². The van der Waals surface area contributed by atoms with Crippen molar-refractivity contribution in [2.75, 3.05) is 19.8 Å². The summed E-state index contributed by atoms with van der Waals surface area (Å²) in [7, 11) is 0. The molecule has 6 aromatic rings. The largest absolute Gasteiger partial charge is 0.490 e. The molecule has 98 heavy (non-hydrogen) atoms. The third kappa shape index (κ3) is 19.8. The first-order valence-corrected chi connectivity index (χ1v) is 36.0. The van der Waals surface area contributed by atoms with Gasteiger partial charge in [-0.15, -0.1) is 0 Å². The van der Waals surface area contributed by atoms with Crippen molar-refractivity contribution in [3.63, 3.8) is 0 Å². The number of para-hydroxylation sites is 2. The fourth-order valence-electron chi connectivity index (χ4n) is 13.2. The molecule has 0 spiro atoms. The van der Waals surface area contributed by atoms with Gasteiger partial charge in [-0.2, -0.15) is 0 Å². The van der Waals surface area contributed by atoms with Crippen LogP contribution in [-0.4, -0.2) is 142 Å². The van der Waals surface area contributed by atoms with Crippen molar-refractivity contribution in [1.29, 1.82) is 0 Å². The Morgan fingerprint density at radius 3 is 1.51 bits per heavy atom. The second-order valence-corrected chi connectivity index (χ2v) is 28.6. The van der Waals surface area contributed by atoms with Crippen molar-refractivity contribution in [1.82, 2.24) is 9.97 Å². The zero-order valence-electron chi connectivity index (χ0n) is 56.3. The molecule has 0 bridgehead atoms. The normalized spacial score (nSPS) is 21.7. The monoisotopic (exact) mass is 1390 g/mol. The van der Waals surface area contributed by atoms with Gasteiger partial charge in [0.15, 0.2) is 6.29 Å². The lowest BCUT2D eigenvalue weighted by Gasteiger charge is -2.39. The third-order valence-electron chi connectivity index (χ3n) is 20.1. The molecule has 4 aliphatic carbocycles. The van der Waals surface area contributed by atoms with Gasteiger partial charge in [0.25, 0.3) is 0 Å². The molecule has 0 amide bonds. The fraction of sp³-hybridized carbons (Fsp3) is 0.538. The molecule has 4 aromatic carbocycles. The molecular weight excluding hydrogens is 1290 g/mol. The van der Waals surface area contributed by atoms with E-state index < -0.39 is 85.8 Å². The van der Waals surface area contributed by atoms with E-state index in [1.54, 1.807) is 0 Å². The first-order chi connectivity index (χ1) is 47.3. The predicted octanol–water partition coefficient (Wildman–Crippen LogP) is 12.1. The fourth-order valence-corrected chi connectivity index (χ4v) is 13.6. The van der Waals surface area contributed by atoms with Crippen LogP contribution in [0.25, 0.3) is 22.3 Å². The number of pyridine rings is 2. The van der Waals surface area contributed by atoms with Crippen molar-refractivity contribution >= 4 is 34.8 Å². The lowest BCUT2D eigenvalue weighted by molar-refractivity contribution is -0.269. The van der Waals surface area contributed by atoms with Crippen LogP contribution in [0.5, 0.6) is 11.5 Å². The Morgan fingerprint density at radius 2 is 1.06 bits per heavy atom. The molecule has 2 aromatic heterocycles. The number of aliphatic hydroxyl groups is 9. The first-order valence-electron chi connectivity index (χ1n) is 35.2. The van der Waals surface area contributed by atoms with E-state index in [4.69, 9.17) is 52.0 Å². The highest BCUT2D eigenvalue weighted by atomic mass is 35.5. The minimum atomic E-state index is -1.64. The van der Waals surface area contributed by atoms with Crippen molar-refractivity contribution in [3.8, 4) is 33.8 Å². The van der Waals surface area contributed by atoms with E-state index in [9.17, 15) is 50.4 Å². The van der Waals surface area contributed by atoms with Crippen LogP contribution in [0.1, 0.15) is 187 Å². The number of carbonyl (C=O) groups is 2. The van der Waals surface area contributed by atoms with Gasteiger partial charge >= 0.3 is 0 Å². The Labute approximate surface area is 585 Å². The van der Waals surface area contributed by atoms with E-state index in [0.717, 1.165) is 146 Å². The number of carbonyl (C=O) groups excluding carboxylic acids is 2. The van der Waals surface area contributed by atoms with E-state index in [-0.39, 0.29) is 30.3 Å². The highest BCUT2D eigenvalue weighted by Gasteiger charge is 2.50. The number of ether oxygens (including phenoxy) is 5. The summed E-state index contributed by atoms with van der Waals surface area (Å²) in [4.78, 5) is 34.0. The average Bonchev–Trinajstić information content (AvgIpc) is 1.59. The molecule has 530 valence electrons. The number of rotatable bonds is 38. The van der Waals surface area contributed by atoms with Gasteiger partial charge in [0.1, 0.15) is 47.5 Å². The molecular formula is C78H98Cl2N2O16. The summed E-state index contributed by atoms with van der Waals surface area (Å²) in [6.07, 6.45) is 13.5. The van der Waals surface area contributed by atoms with Gasteiger partial charge in [-0.1, -0.05) is 123 Å². The number of Topliss-reactive ketones (excluding diaryl/α,β-unsaturated/α-hetero) is 2. The lowest BCUT2D eigenvalue weighted by Crippen LogP contribution is -2.56. The number of benzene rings is 4. The van der Waals surface area contributed by atoms with Gasteiger partial charge in [0, 0.05) is 101 Å². The number of hydrogen-bond acceptors (Lipinski definition) is 18. The van der Waals surface area contributed by atoms with Crippen molar-refractivity contribution < 1.29 is 79.2 Å². The Balaban J connectivity index is 0.000000212. The van der Waals surface area contributed by atoms with E-state index in [1.165, 1.54) is 11.1 Å².